The van der Waals surface area contributed by atoms with Crippen molar-refractivity contribution in [2.45, 2.75) is 52.2 Å². The number of methoxy groups -OCH3 is 1. The molecule has 1 atom stereocenters. The van der Waals surface area contributed by atoms with Crippen LogP contribution in [0.15, 0.2) is 12.1 Å². The fourth-order valence-corrected chi connectivity index (χ4v) is 3.03. The number of benzene rings is 1. The molecule has 106 valence electrons. The van der Waals surface area contributed by atoms with Crippen LogP contribution in [0.5, 0.6) is 5.75 Å². The van der Waals surface area contributed by atoms with Gasteiger partial charge in [0.15, 0.2) is 0 Å². The van der Waals surface area contributed by atoms with E-state index >= 15 is 0 Å². The van der Waals surface area contributed by atoms with E-state index in [2.05, 4.69) is 50.5 Å². The molecule has 0 aliphatic carbocycles. The second-order valence-corrected chi connectivity index (χ2v) is 6.31. The van der Waals surface area contributed by atoms with Gasteiger partial charge in [0.05, 0.1) is 7.11 Å². The molecule has 2 N–H and O–H groups in total. The van der Waals surface area contributed by atoms with E-state index < -0.39 is 0 Å². The molecule has 1 unspecified atom stereocenters. The zero-order valence-electron chi connectivity index (χ0n) is 12.8. The third kappa shape index (κ3) is 3.48. The Bertz CT molecular complexity index is 431. The Labute approximate surface area is 116 Å². The molecule has 0 bridgehead atoms. The Balaban J connectivity index is 1.97. The van der Waals surface area contributed by atoms with Crippen LogP contribution in [-0.2, 0) is 6.54 Å². The zero-order valence-corrected chi connectivity index (χ0v) is 12.8. The molecule has 0 saturated carbocycles. The van der Waals surface area contributed by atoms with E-state index in [1.54, 1.807) is 7.11 Å². The highest BCUT2D eigenvalue weighted by atomic mass is 16.5. The first kappa shape index (κ1) is 14.4. The molecule has 2 rings (SSSR count). The summed E-state index contributed by atoms with van der Waals surface area (Å²) in [6.45, 7) is 10.7. The Morgan fingerprint density at radius 3 is 2.42 bits per heavy atom. The van der Waals surface area contributed by atoms with Crippen LogP contribution < -0.4 is 15.4 Å². The number of aryl methyl sites for hydroxylation is 2. The number of ether oxygens (including phenoxy) is 1. The summed E-state index contributed by atoms with van der Waals surface area (Å²) in [7, 11) is 1.74. The SMILES string of the molecule is COc1c(C)cc(CNC2CNC(C)(C)C2)cc1C. The normalized spacial score (nSPS) is 21.6. The highest BCUT2D eigenvalue weighted by Crippen LogP contribution is 2.24. The molecular formula is C16H26N2O. The summed E-state index contributed by atoms with van der Waals surface area (Å²) < 4.78 is 5.41. The molecule has 1 aromatic rings. The van der Waals surface area contributed by atoms with Gasteiger partial charge in [-0.15, -0.1) is 0 Å². The first-order valence-electron chi connectivity index (χ1n) is 7.04. The van der Waals surface area contributed by atoms with Crippen molar-refractivity contribution in [2.75, 3.05) is 13.7 Å². The highest BCUT2D eigenvalue weighted by Gasteiger charge is 2.29. The molecule has 3 nitrogen and oxygen atoms in total. The average Bonchev–Trinajstić information content (AvgIpc) is 2.66. The van der Waals surface area contributed by atoms with E-state index in [0.717, 1.165) is 18.8 Å². The molecule has 0 radical (unpaired) electrons. The van der Waals surface area contributed by atoms with Gasteiger partial charge in [-0.3, -0.25) is 0 Å². The monoisotopic (exact) mass is 262 g/mol. The maximum atomic E-state index is 5.41. The first-order chi connectivity index (χ1) is 8.91. The lowest BCUT2D eigenvalue weighted by Gasteiger charge is -2.18. The number of hydrogen-bond donors (Lipinski definition) is 2. The van der Waals surface area contributed by atoms with E-state index in [-0.39, 0.29) is 5.54 Å². The molecular weight excluding hydrogens is 236 g/mol. The minimum absolute atomic E-state index is 0.267. The Hall–Kier alpha value is -1.06. The molecule has 1 aliphatic heterocycles. The van der Waals surface area contributed by atoms with E-state index in [0.29, 0.717) is 6.04 Å². The summed E-state index contributed by atoms with van der Waals surface area (Å²) in [5.74, 6) is 1.01. The quantitative estimate of drug-likeness (QED) is 0.875. The van der Waals surface area contributed by atoms with Crippen molar-refractivity contribution in [3.8, 4) is 5.75 Å². The number of hydrogen-bond acceptors (Lipinski definition) is 3. The van der Waals surface area contributed by atoms with Crippen molar-refractivity contribution in [3.05, 3.63) is 28.8 Å². The standard InChI is InChI=1S/C16H26N2O/c1-11-6-13(7-12(2)15(11)19-5)9-17-14-8-16(3,4)18-10-14/h6-7,14,17-18H,8-10H2,1-5H3. The van der Waals surface area contributed by atoms with E-state index in [4.69, 9.17) is 4.74 Å². The van der Waals surface area contributed by atoms with Gasteiger partial charge in [0.2, 0.25) is 0 Å². The van der Waals surface area contributed by atoms with Gasteiger partial charge in [-0.2, -0.15) is 0 Å². The van der Waals surface area contributed by atoms with Gasteiger partial charge in [0.25, 0.3) is 0 Å². The smallest absolute Gasteiger partial charge is 0.124 e. The first-order valence-corrected chi connectivity index (χ1v) is 7.04. The highest BCUT2D eigenvalue weighted by molar-refractivity contribution is 5.43. The lowest BCUT2D eigenvalue weighted by Crippen LogP contribution is -2.31. The average molecular weight is 262 g/mol. The van der Waals surface area contributed by atoms with Crippen LogP contribution in [0.1, 0.15) is 37.0 Å². The number of rotatable bonds is 4. The van der Waals surface area contributed by atoms with Crippen LogP contribution in [0, 0.1) is 13.8 Å². The summed E-state index contributed by atoms with van der Waals surface area (Å²) in [6, 6.07) is 5.00. The fraction of sp³-hybridized carbons (Fsp3) is 0.625. The second-order valence-electron chi connectivity index (χ2n) is 6.31. The van der Waals surface area contributed by atoms with Crippen LogP contribution in [0.25, 0.3) is 0 Å². The van der Waals surface area contributed by atoms with Crippen LogP contribution >= 0.6 is 0 Å². The van der Waals surface area contributed by atoms with Crippen LogP contribution in [0.2, 0.25) is 0 Å². The lowest BCUT2D eigenvalue weighted by atomic mass is 10.0. The van der Waals surface area contributed by atoms with Crippen LogP contribution in [0.3, 0.4) is 0 Å². The van der Waals surface area contributed by atoms with E-state index in [1.807, 2.05) is 0 Å². The Morgan fingerprint density at radius 1 is 1.32 bits per heavy atom. The van der Waals surface area contributed by atoms with Crippen molar-refractivity contribution in [3.63, 3.8) is 0 Å². The summed E-state index contributed by atoms with van der Waals surface area (Å²) in [5.41, 5.74) is 4.03. The van der Waals surface area contributed by atoms with Crippen LogP contribution in [0.4, 0.5) is 0 Å². The summed E-state index contributed by atoms with van der Waals surface area (Å²) >= 11 is 0. The van der Waals surface area contributed by atoms with Gasteiger partial charge in [-0.1, -0.05) is 12.1 Å². The third-order valence-electron chi connectivity index (χ3n) is 3.90. The molecule has 3 heteroatoms. The lowest BCUT2D eigenvalue weighted by molar-refractivity contribution is 0.408. The summed E-state index contributed by atoms with van der Waals surface area (Å²) in [4.78, 5) is 0. The number of nitrogens with one attached hydrogen (secondary N) is 2. The predicted octanol–water partition coefficient (Wildman–Crippen LogP) is 2.54. The summed E-state index contributed by atoms with van der Waals surface area (Å²) in [5, 5.41) is 7.18. The van der Waals surface area contributed by atoms with Crippen molar-refractivity contribution < 1.29 is 4.74 Å². The summed E-state index contributed by atoms with van der Waals surface area (Å²) in [6.07, 6.45) is 1.18. The molecule has 1 heterocycles. The topological polar surface area (TPSA) is 33.3 Å². The van der Waals surface area contributed by atoms with E-state index in [1.165, 1.54) is 23.1 Å². The molecule has 19 heavy (non-hydrogen) atoms. The molecule has 1 saturated heterocycles. The maximum absolute atomic E-state index is 5.41. The Morgan fingerprint density at radius 2 is 1.95 bits per heavy atom. The third-order valence-corrected chi connectivity index (χ3v) is 3.90. The predicted molar refractivity (Wildman–Crippen MR) is 79.8 cm³/mol. The van der Waals surface area contributed by atoms with Crippen molar-refractivity contribution >= 4 is 0 Å². The van der Waals surface area contributed by atoms with Crippen LogP contribution in [-0.4, -0.2) is 25.2 Å². The molecule has 0 aromatic heterocycles. The van der Waals surface area contributed by atoms with Gasteiger partial charge < -0.3 is 15.4 Å². The maximum Gasteiger partial charge on any atom is 0.124 e. The van der Waals surface area contributed by atoms with Crippen molar-refractivity contribution in [2.24, 2.45) is 0 Å². The van der Waals surface area contributed by atoms with Crippen molar-refractivity contribution in [1.82, 2.24) is 10.6 Å². The molecule has 1 aromatic carbocycles. The Kier molecular flexibility index (Phi) is 4.16. The minimum Gasteiger partial charge on any atom is -0.496 e. The second kappa shape index (κ2) is 5.51. The molecule has 1 aliphatic rings. The van der Waals surface area contributed by atoms with Gasteiger partial charge in [-0.25, -0.2) is 0 Å². The molecule has 0 amide bonds. The minimum atomic E-state index is 0.267. The zero-order chi connectivity index (χ0) is 14.0. The van der Waals surface area contributed by atoms with E-state index in [9.17, 15) is 0 Å². The van der Waals surface area contributed by atoms with Gasteiger partial charge in [0.1, 0.15) is 5.75 Å². The van der Waals surface area contributed by atoms with Crippen molar-refractivity contribution in [1.29, 1.82) is 0 Å². The van der Waals surface area contributed by atoms with Gasteiger partial charge >= 0.3 is 0 Å². The van der Waals surface area contributed by atoms with Gasteiger partial charge in [-0.05, 0) is 50.8 Å². The largest absolute Gasteiger partial charge is 0.496 e. The molecule has 1 fully saturated rings. The van der Waals surface area contributed by atoms with Gasteiger partial charge in [0, 0.05) is 24.7 Å². The molecule has 0 spiro atoms. The fourth-order valence-electron chi connectivity index (χ4n) is 3.03.